The second-order valence-corrected chi connectivity index (χ2v) is 10.8. The van der Waals surface area contributed by atoms with Gasteiger partial charge in [0.05, 0.1) is 12.2 Å². The molecule has 1 aromatic heterocycles. The Hall–Kier alpha value is -2.99. The zero-order valence-corrected chi connectivity index (χ0v) is 21.7. The minimum atomic E-state index is -0.302. The SMILES string of the molecule is Cn1cc(C(=O)N2CCC(COc3ccc(Cl)cc3)(CC(=O)N3CCCCC3)CC2)c2ccccc21. The van der Waals surface area contributed by atoms with E-state index in [-0.39, 0.29) is 17.2 Å². The lowest BCUT2D eigenvalue weighted by atomic mass is 9.75. The number of piperidine rings is 2. The summed E-state index contributed by atoms with van der Waals surface area (Å²) in [5.41, 5.74) is 1.49. The molecule has 2 amide bonds. The molecule has 5 rings (SSSR count). The molecule has 0 unspecified atom stereocenters. The Morgan fingerprint density at radius 2 is 1.61 bits per heavy atom. The molecule has 7 heteroatoms. The van der Waals surface area contributed by atoms with E-state index < -0.39 is 0 Å². The van der Waals surface area contributed by atoms with Crippen LogP contribution < -0.4 is 4.74 Å². The molecule has 0 aliphatic carbocycles. The minimum Gasteiger partial charge on any atom is -0.493 e. The number of ether oxygens (including phenoxy) is 1. The quantitative estimate of drug-likeness (QED) is 0.440. The average molecular weight is 508 g/mol. The van der Waals surface area contributed by atoms with Crippen molar-refractivity contribution in [2.24, 2.45) is 12.5 Å². The fourth-order valence-electron chi connectivity index (χ4n) is 5.58. The zero-order chi connectivity index (χ0) is 25.1. The lowest BCUT2D eigenvalue weighted by molar-refractivity contribution is -0.136. The Balaban J connectivity index is 1.31. The maximum atomic E-state index is 13.5. The van der Waals surface area contributed by atoms with Gasteiger partial charge in [0.25, 0.3) is 5.91 Å². The van der Waals surface area contributed by atoms with E-state index in [9.17, 15) is 9.59 Å². The first-order chi connectivity index (χ1) is 17.4. The number of amides is 2. The fourth-order valence-corrected chi connectivity index (χ4v) is 5.71. The van der Waals surface area contributed by atoms with E-state index in [2.05, 4.69) is 0 Å². The van der Waals surface area contributed by atoms with Gasteiger partial charge in [0, 0.05) is 67.2 Å². The molecule has 6 nitrogen and oxygen atoms in total. The summed E-state index contributed by atoms with van der Waals surface area (Å²) in [6.45, 7) is 3.36. The third-order valence-electron chi connectivity index (χ3n) is 7.83. The molecule has 2 aromatic carbocycles. The number of nitrogens with zero attached hydrogens (tertiary/aromatic N) is 3. The summed E-state index contributed by atoms with van der Waals surface area (Å²) in [5.74, 6) is 1.02. The molecule has 3 heterocycles. The highest BCUT2D eigenvalue weighted by Gasteiger charge is 2.40. The highest BCUT2D eigenvalue weighted by atomic mass is 35.5. The van der Waals surface area contributed by atoms with Gasteiger partial charge < -0.3 is 19.1 Å². The number of aryl methyl sites for hydroxylation is 1. The second-order valence-electron chi connectivity index (χ2n) is 10.3. The van der Waals surface area contributed by atoms with Gasteiger partial charge in [-0.1, -0.05) is 29.8 Å². The molecule has 2 aliphatic rings. The van der Waals surface area contributed by atoms with E-state index in [1.165, 1.54) is 6.42 Å². The Labute approximate surface area is 217 Å². The van der Waals surface area contributed by atoms with Crippen LogP contribution in [0.25, 0.3) is 10.9 Å². The zero-order valence-electron chi connectivity index (χ0n) is 20.9. The number of carbonyl (C=O) groups is 2. The summed E-state index contributed by atoms with van der Waals surface area (Å²) in [5, 5.41) is 1.64. The molecule has 2 saturated heterocycles. The second kappa shape index (κ2) is 10.6. The van der Waals surface area contributed by atoms with Crippen molar-refractivity contribution in [3.8, 4) is 5.75 Å². The lowest BCUT2D eigenvalue weighted by Crippen LogP contribution is -2.48. The molecule has 2 fully saturated rings. The molecule has 0 N–H and O–H groups in total. The Morgan fingerprint density at radius 1 is 0.917 bits per heavy atom. The van der Waals surface area contributed by atoms with E-state index in [0.717, 1.165) is 61.0 Å². The third kappa shape index (κ3) is 5.24. The molecule has 0 atom stereocenters. The minimum absolute atomic E-state index is 0.0568. The summed E-state index contributed by atoms with van der Waals surface area (Å²) in [6.07, 6.45) is 7.20. The van der Waals surface area contributed by atoms with Crippen molar-refractivity contribution in [2.45, 2.75) is 38.5 Å². The van der Waals surface area contributed by atoms with E-state index in [1.54, 1.807) is 0 Å². The van der Waals surface area contributed by atoms with Crippen molar-refractivity contribution >= 4 is 34.3 Å². The number of halogens is 1. The van der Waals surface area contributed by atoms with Crippen LogP contribution in [0.3, 0.4) is 0 Å². The van der Waals surface area contributed by atoms with Crippen molar-refractivity contribution in [2.75, 3.05) is 32.8 Å². The summed E-state index contributed by atoms with van der Waals surface area (Å²) >= 11 is 6.03. The first-order valence-corrected chi connectivity index (χ1v) is 13.3. The average Bonchev–Trinajstić information content (AvgIpc) is 3.25. The van der Waals surface area contributed by atoms with Crippen LogP contribution in [0.2, 0.25) is 5.02 Å². The van der Waals surface area contributed by atoms with Gasteiger partial charge in [0.2, 0.25) is 5.91 Å². The van der Waals surface area contributed by atoms with E-state index in [4.69, 9.17) is 16.3 Å². The standard InChI is InChI=1S/C29H34ClN3O3/c1-31-20-25(24-7-3-4-8-26(24)31)28(35)33-17-13-29(14-18-33,19-27(34)32-15-5-2-6-16-32)21-36-23-11-9-22(30)10-12-23/h3-4,7-12,20H,2,5-6,13-19,21H2,1H3. The summed E-state index contributed by atoms with van der Waals surface area (Å²) in [4.78, 5) is 30.7. The molecule has 2 aliphatic heterocycles. The van der Waals surface area contributed by atoms with Gasteiger partial charge >= 0.3 is 0 Å². The topological polar surface area (TPSA) is 54.8 Å². The number of benzene rings is 2. The predicted molar refractivity (Wildman–Crippen MR) is 142 cm³/mol. The molecule has 190 valence electrons. The van der Waals surface area contributed by atoms with Gasteiger partial charge in [-0.3, -0.25) is 9.59 Å². The van der Waals surface area contributed by atoms with Crippen LogP contribution in [0.15, 0.2) is 54.7 Å². The summed E-state index contributed by atoms with van der Waals surface area (Å²) in [7, 11) is 1.97. The number of carbonyl (C=O) groups excluding carboxylic acids is 2. The van der Waals surface area contributed by atoms with Crippen LogP contribution in [0, 0.1) is 5.41 Å². The van der Waals surface area contributed by atoms with Crippen LogP contribution in [0.4, 0.5) is 0 Å². The van der Waals surface area contributed by atoms with Gasteiger partial charge in [-0.25, -0.2) is 0 Å². The third-order valence-corrected chi connectivity index (χ3v) is 8.08. The Bertz CT molecular complexity index is 1220. The highest BCUT2D eigenvalue weighted by Crippen LogP contribution is 2.38. The highest BCUT2D eigenvalue weighted by molar-refractivity contribution is 6.30. The summed E-state index contributed by atoms with van der Waals surface area (Å²) in [6, 6.07) is 15.4. The van der Waals surface area contributed by atoms with Crippen LogP contribution in [-0.2, 0) is 11.8 Å². The number of hydrogen-bond donors (Lipinski definition) is 0. The van der Waals surface area contributed by atoms with Gasteiger partial charge in [-0.15, -0.1) is 0 Å². The van der Waals surface area contributed by atoms with Crippen LogP contribution in [0.1, 0.15) is 48.9 Å². The van der Waals surface area contributed by atoms with Gasteiger partial charge in [-0.2, -0.15) is 0 Å². The molecule has 0 radical (unpaired) electrons. The molecular weight excluding hydrogens is 474 g/mol. The monoisotopic (exact) mass is 507 g/mol. The van der Waals surface area contributed by atoms with Crippen LogP contribution in [-0.4, -0.2) is 59.0 Å². The normalized spacial score (nSPS) is 17.8. The van der Waals surface area contributed by atoms with Gasteiger partial charge in [0.1, 0.15) is 5.75 Å². The molecule has 0 bridgehead atoms. The van der Waals surface area contributed by atoms with Crippen molar-refractivity contribution in [3.63, 3.8) is 0 Å². The lowest BCUT2D eigenvalue weighted by Gasteiger charge is -2.42. The summed E-state index contributed by atoms with van der Waals surface area (Å²) < 4.78 is 8.21. The van der Waals surface area contributed by atoms with E-state index in [1.807, 2.05) is 76.1 Å². The maximum Gasteiger partial charge on any atom is 0.256 e. The number of aromatic nitrogens is 1. The van der Waals surface area contributed by atoms with Gasteiger partial charge in [0.15, 0.2) is 0 Å². The molecule has 36 heavy (non-hydrogen) atoms. The first-order valence-electron chi connectivity index (χ1n) is 12.9. The molecule has 0 saturated carbocycles. The Kier molecular flexibility index (Phi) is 7.24. The largest absolute Gasteiger partial charge is 0.493 e. The Morgan fingerprint density at radius 3 is 2.33 bits per heavy atom. The van der Waals surface area contributed by atoms with Crippen molar-refractivity contribution in [3.05, 3.63) is 65.3 Å². The predicted octanol–water partition coefficient (Wildman–Crippen LogP) is 5.54. The van der Waals surface area contributed by atoms with Crippen molar-refractivity contribution < 1.29 is 14.3 Å². The number of likely N-dealkylation sites (tertiary alicyclic amines) is 2. The number of rotatable bonds is 6. The molecule has 0 spiro atoms. The van der Waals surface area contributed by atoms with E-state index >= 15 is 0 Å². The van der Waals surface area contributed by atoms with Gasteiger partial charge in [-0.05, 0) is 62.4 Å². The molecule has 3 aromatic rings. The smallest absolute Gasteiger partial charge is 0.256 e. The number of hydrogen-bond acceptors (Lipinski definition) is 3. The molecular formula is C29H34ClN3O3. The van der Waals surface area contributed by atoms with E-state index in [0.29, 0.717) is 31.1 Å². The van der Waals surface area contributed by atoms with Crippen LogP contribution in [0.5, 0.6) is 5.75 Å². The number of fused-ring (bicyclic) bond motifs is 1. The van der Waals surface area contributed by atoms with Crippen molar-refractivity contribution in [1.82, 2.24) is 14.4 Å². The van der Waals surface area contributed by atoms with Crippen LogP contribution >= 0.6 is 11.6 Å². The van der Waals surface area contributed by atoms with Crippen molar-refractivity contribution in [1.29, 1.82) is 0 Å². The maximum absolute atomic E-state index is 13.5. The number of para-hydroxylation sites is 1. The first kappa shape index (κ1) is 24.7. The fraction of sp³-hybridized carbons (Fsp3) is 0.448.